The van der Waals surface area contributed by atoms with E-state index in [-0.39, 0.29) is 6.61 Å². The maximum absolute atomic E-state index is 12.6. The van der Waals surface area contributed by atoms with Crippen molar-refractivity contribution in [2.45, 2.75) is 32.2 Å². The zero-order valence-electron chi connectivity index (χ0n) is 10.4. The molecule has 0 aliphatic rings. The van der Waals surface area contributed by atoms with Gasteiger partial charge in [0.1, 0.15) is 6.61 Å². The Balaban J connectivity index is 2.54. The minimum Gasteiger partial charge on any atom is -0.370 e. The number of thiophene rings is 1. The quantitative estimate of drug-likeness (QED) is 0.812. The normalized spacial score (nSPS) is 13.0. The Bertz CT molecular complexity index is 416. The number of rotatable bonds is 6. The first-order chi connectivity index (χ1) is 8.67. The van der Waals surface area contributed by atoms with Gasteiger partial charge in [-0.2, -0.15) is 22.0 Å². The van der Waals surface area contributed by atoms with Crippen LogP contribution in [0.1, 0.15) is 15.3 Å². The third kappa shape index (κ3) is 4.39. The highest BCUT2D eigenvalue weighted by molar-refractivity contribution is 7.12. The highest BCUT2D eigenvalue weighted by Crippen LogP contribution is 2.35. The van der Waals surface area contributed by atoms with Crippen LogP contribution in [0.3, 0.4) is 0 Å². The molecule has 0 spiro atoms. The lowest BCUT2D eigenvalue weighted by molar-refractivity contribution is -0.297. The number of nitrogens with one attached hydrogen (secondary N) is 1. The fraction of sp³-hybridized carbons (Fsp3) is 0.636. The number of halogens is 5. The molecule has 0 atom stereocenters. The highest BCUT2D eigenvalue weighted by atomic mass is 32.1. The van der Waals surface area contributed by atoms with Crippen molar-refractivity contribution in [1.29, 1.82) is 0 Å². The molecule has 1 aromatic heterocycles. The Morgan fingerprint density at radius 3 is 2.42 bits per heavy atom. The van der Waals surface area contributed by atoms with Crippen LogP contribution in [0, 0.1) is 6.92 Å². The summed E-state index contributed by atoms with van der Waals surface area (Å²) in [6, 6.07) is 1.74. The van der Waals surface area contributed by atoms with E-state index in [1.54, 1.807) is 20.0 Å². The second-order valence-electron chi connectivity index (χ2n) is 4.02. The summed E-state index contributed by atoms with van der Waals surface area (Å²) in [6.07, 6.45) is -5.58. The van der Waals surface area contributed by atoms with Gasteiger partial charge in [0.2, 0.25) is 0 Å². The zero-order chi connectivity index (χ0) is 14.7. The van der Waals surface area contributed by atoms with Gasteiger partial charge >= 0.3 is 12.1 Å². The number of alkyl halides is 5. The lowest BCUT2D eigenvalue weighted by atomic mass is 10.2. The molecule has 0 aromatic carbocycles. The monoisotopic (exact) mass is 303 g/mol. The fourth-order valence-corrected chi connectivity index (χ4v) is 2.42. The van der Waals surface area contributed by atoms with Gasteiger partial charge < -0.3 is 10.1 Å². The Kier molecular flexibility index (Phi) is 5.28. The molecule has 0 saturated carbocycles. The van der Waals surface area contributed by atoms with E-state index in [0.29, 0.717) is 12.1 Å². The summed E-state index contributed by atoms with van der Waals surface area (Å²) in [6.45, 7) is 0.472. The maximum Gasteiger partial charge on any atom is 0.455 e. The lowest BCUT2D eigenvalue weighted by Gasteiger charge is -2.19. The van der Waals surface area contributed by atoms with E-state index in [2.05, 4.69) is 10.1 Å². The Morgan fingerprint density at radius 2 is 1.89 bits per heavy atom. The van der Waals surface area contributed by atoms with E-state index in [1.165, 1.54) is 11.3 Å². The number of ether oxygens (including phenoxy) is 1. The largest absolute Gasteiger partial charge is 0.455 e. The molecule has 0 unspecified atom stereocenters. The average molecular weight is 303 g/mol. The van der Waals surface area contributed by atoms with Gasteiger partial charge in [0.05, 0.1) is 6.61 Å². The van der Waals surface area contributed by atoms with Crippen LogP contribution in [0.15, 0.2) is 6.07 Å². The van der Waals surface area contributed by atoms with Gasteiger partial charge in [-0.3, -0.25) is 0 Å². The molecule has 1 aromatic rings. The van der Waals surface area contributed by atoms with Gasteiger partial charge in [-0.15, -0.1) is 11.3 Å². The molecule has 0 saturated heterocycles. The smallest absolute Gasteiger partial charge is 0.370 e. The molecule has 2 nitrogen and oxygen atoms in total. The number of hydrogen-bond donors (Lipinski definition) is 1. The second kappa shape index (κ2) is 6.15. The van der Waals surface area contributed by atoms with Crippen LogP contribution in [-0.4, -0.2) is 25.8 Å². The Hall–Kier alpha value is -0.730. The van der Waals surface area contributed by atoms with Crippen molar-refractivity contribution in [3.63, 3.8) is 0 Å². The third-order valence-electron chi connectivity index (χ3n) is 2.38. The van der Waals surface area contributed by atoms with E-state index in [4.69, 9.17) is 0 Å². The van der Waals surface area contributed by atoms with E-state index < -0.39 is 18.7 Å². The zero-order valence-corrected chi connectivity index (χ0v) is 11.2. The van der Waals surface area contributed by atoms with Crippen LogP contribution in [-0.2, 0) is 17.9 Å². The molecule has 110 valence electrons. The first-order valence-electron chi connectivity index (χ1n) is 5.42. The molecule has 1 heterocycles. The third-order valence-corrected chi connectivity index (χ3v) is 3.47. The van der Waals surface area contributed by atoms with Gasteiger partial charge in [-0.1, -0.05) is 0 Å². The van der Waals surface area contributed by atoms with Crippen LogP contribution >= 0.6 is 11.3 Å². The predicted octanol–water partition coefficient (Wildman–Crippen LogP) is 3.49. The summed E-state index contributed by atoms with van der Waals surface area (Å²) >= 11 is 1.45. The molecule has 0 bridgehead atoms. The van der Waals surface area contributed by atoms with Crippen molar-refractivity contribution in [2.24, 2.45) is 0 Å². The average Bonchev–Trinajstić information content (AvgIpc) is 2.58. The molecule has 0 aliphatic carbocycles. The van der Waals surface area contributed by atoms with E-state index in [0.717, 1.165) is 9.75 Å². The van der Waals surface area contributed by atoms with Gasteiger partial charge in [0.25, 0.3) is 0 Å². The van der Waals surface area contributed by atoms with E-state index >= 15 is 0 Å². The van der Waals surface area contributed by atoms with Crippen LogP contribution < -0.4 is 5.32 Å². The van der Waals surface area contributed by atoms with Crippen molar-refractivity contribution in [3.8, 4) is 0 Å². The Labute approximate surface area is 111 Å². The SMILES string of the molecule is CNCc1cc(COCC(F)(F)C(F)(F)F)c(C)s1. The number of aryl methyl sites for hydroxylation is 1. The summed E-state index contributed by atoms with van der Waals surface area (Å²) < 4.78 is 65.4. The summed E-state index contributed by atoms with van der Waals surface area (Å²) in [5.41, 5.74) is 0.633. The molecular formula is C11H14F5NOS. The summed E-state index contributed by atoms with van der Waals surface area (Å²) in [4.78, 5) is 1.82. The lowest BCUT2D eigenvalue weighted by Crippen LogP contribution is -2.40. The van der Waals surface area contributed by atoms with Crippen molar-refractivity contribution in [2.75, 3.05) is 13.7 Å². The van der Waals surface area contributed by atoms with Crippen LogP contribution in [0.5, 0.6) is 0 Å². The van der Waals surface area contributed by atoms with Crippen LogP contribution in [0.4, 0.5) is 22.0 Å². The predicted molar refractivity (Wildman–Crippen MR) is 62.5 cm³/mol. The molecule has 1 rings (SSSR count). The van der Waals surface area contributed by atoms with E-state index in [9.17, 15) is 22.0 Å². The van der Waals surface area contributed by atoms with Crippen molar-refractivity contribution in [1.82, 2.24) is 5.32 Å². The minimum absolute atomic E-state index is 0.252. The maximum atomic E-state index is 12.6. The molecular weight excluding hydrogens is 289 g/mol. The molecule has 0 radical (unpaired) electrons. The van der Waals surface area contributed by atoms with Gasteiger partial charge in [0, 0.05) is 16.3 Å². The van der Waals surface area contributed by atoms with Crippen LogP contribution in [0.2, 0.25) is 0 Å². The van der Waals surface area contributed by atoms with Crippen LogP contribution in [0.25, 0.3) is 0 Å². The molecule has 19 heavy (non-hydrogen) atoms. The van der Waals surface area contributed by atoms with E-state index in [1.807, 2.05) is 0 Å². The van der Waals surface area contributed by atoms with Crippen molar-refractivity contribution < 1.29 is 26.7 Å². The minimum atomic E-state index is -5.58. The van der Waals surface area contributed by atoms with Crippen molar-refractivity contribution in [3.05, 3.63) is 21.4 Å². The highest BCUT2D eigenvalue weighted by Gasteiger charge is 2.57. The first kappa shape index (κ1) is 16.3. The fourth-order valence-electron chi connectivity index (χ4n) is 1.36. The standard InChI is InChI=1S/C11H14F5NOS/c1-7-8(3-9(19-7)4-17-2)5-18-6-10(12,13)11(14,15)16/h3,17H,4-6H2,1-2H3. The molecule has 1 N–H and O–H groups in total. The Morgan fingerprint density at radius 1 is 1.26 bits per heavy atom. The summed E-state index contributed by atoms with van der Waals surface area (Å²) in [5.74, 6) is -4.81. The topological polar surface area (TPSA) is 21.3 Å². The number of hydrogen-bond acceptors (Lipinski definition) is 3. The van der Waals surface area contributed by atoms with Crippen molar-refractivity contribution >= 4 is 11.3 Å². The van der Waals surface area contributed by atoms with Gasteiger partial charge in [-0.25, -0.2) is 0 Å². The molecule has 0 aliphatic heterocycles. The molecule has 0 amide bonds. The summed E-state index contributed by atoms with van der Waals surface area (Å²) in [7, 11) is 1.76. The first-order valence-corrected chi connectivity index (χ1v) is 6.24. The molecule has 8 heteroatoms. The van der Waals surface area contributed by atoms with Gasteiger partial charge in [0.15, 0.2) is 0 Å². The second-order valence-corrected chi connectivity index (χ2v) is 5.36. The summed E-state index contributed by atoms with van der Waals surface area (Å²) in [5, 5.41) is 2.93. The molecule has 0 fully saturated rings. The van der Waals surface area contributed by atoms with Gasteiger partial charge in [-0.05, 0) is 25.6 Å².